The minimum absolute atomic E-state index is 0.737. The summed E-state index contributed by atoms with van der Waals surface area (Å²) in [4.78, 5) is 2.73. The highest BCUT2D eigenvalue weighted by atomic mass is 32.1. The zero-order chi connectivity index (χ0) is 12.1. The van der Waals surface area contributed by atoms with Gasteiger partial charge in [-0.3, -0.25) is 0 Å². The van der Waals surface area contributed by atoms with E-state index in [-0.39, 0.29) is 0 Å². The second kappa shape index (κ2) is 6.34. The third-order valence-corrected chi connectivity index (χ3v) is 3.84. The quantitative estimate of drug-likeness (QED) is 0.564. The van der Waals surface area contributed by atoms with Crippen LogP contribution >= 0.6 is 11.3 Å². The lowest BCUT2D eigenvalue weighted by atomic mass is 10.3. The van der Waals surface area contributed by atoms with Gasteiger partial charge in [-0.05, 0) is 38.3 Å². The molecule has 1 fully saturated rings. The molecule has 1 aliphatic carbocycles. The molecule has 1 aromatic rings. The van der Waals surface area contributed by atoms with E-state index in [1.54, 1.807) is 0 Å². The second-order valence-corrected chi connectivity index (χ2v) is 6.04. The van der Waals surface area contributed by atoms with Gasteiger partial charge >= 0.3 is 0 Å². The Bertz CT molecular complexity index is 368. The van der Waals surface area contributed by atoms with Gasteiger partial charge in [-0.2, -0.15) is 0 Å². The Morgan fingerprint density at radius 3 is 2.94 bits per heavy atom. The average Bonchev–Trinajstić information content (AvgIpc) is 3.01. The summed E-state index contributed by atoms with van der Waals surface area (Å²) in [6, 6.07) is 5.17. The molecule has 0 radical (unpaired) electrons. The van der Waals surface area contributed by atoms with Crippen molar-refractivity contribution in [2.24, 2.45) is 0 Å². The fraction of sp³-hybridized carbons (Fsp3) is 0.571. The summed E-state index contributed by atoms with van der Waals surface area (Å²) in [6.07, 6.45) is 3.66. The minimum atomic E-state index is 0.737. The first-order chi connectivity index (χ1) is 8.24. The van der Waals surface area contributed by atoms with Crippen molar-refractivity contribution in [3.63, 3.8) is 0 Å². The van der Waals surface area contributed by atoms with E-state index >= 15 is 0 Å². The van der Waals surface area contributed by atoms with Crippen molar-refractivity contribution in [1.82, 2.24) is 5.32 Å². The molecule has 3 heteroatoms. The summed E-state index contributed by atoms with van der Waals surface area (Å²) >= 11 is 1.85. The molecule has 2 nitrogen and oxygen atoms in total. The van der Waals surface area contributed by atoms with Crippen molar-refractivity contribution in [1.29, 1.82) is 0 Å². The topological polar surface area (TPSA) is 21.3 Å². The van der Waals surface area contributed by atoms with Gasteiger partial charge in [0.2, 0.25) is 0 Å². The zero-order valence-corrected chi connectivity index (χ0v) is 11.3. The summed E-state index contributed by atoms with van der Waals surface area (Å²) in [5.74, 6) is 0. The van der Waals surface area contributed by atoms with Crippen LogP contribution in [0, 0.1) is 0 Å². The van der Waals surface area contributed by atoms with Gasteiger partial charge in [0, 0.05) is 22.3 Å². The van der Waals surface area contributed by atoms with Crippen LogP contribution in [0.5, 0.6) is 0 Å². The van der Waals surface area contributed by atoms with Gasteiger partial charge in [-0.15, -0.1) is 17.9 Å². The summed E-state index contributed by atoms with van der Waals surface area (Å²) in [6.45, 7) is 8.44. The SMILES string of the molecule is C=C(C)CCOCc1ccc(CNC2CC2)s1. The molecule has 17 heavy (non-hydrogen) atoms. The van der Waals surface area contributed by atoms with Crippen LogP contribution in [-0.4, -0.2) is 12.6 Å². The Kier molecular flexibility index (Phi) is 4.77. The van der Waals surface area contributed by atoms with Crippen LogP contribution in [0.1, 0.15) is 35.9 Å². The van der Waals surface area contributed by atoms with Gasteiger partial charge in [-0.1, -0.05) is 5.57 Å². The highest BCUT2D eigenvalue weighted by Crippen LogP contribution is 2.22. The smallest absolute Gasteiger partial charge is 0.0809 e. The van der Waals surface area contributed by atoms with Crippen LogP contribution in [0.2, 0.25) is 0 Å². The Labute approximate surface area is 108 Å². The van der Waals surface area contributed by atoms with Crippen LogP contribution in [0.4, 0.5) is 0 Å². The molecule has 0 unspecified atom stereocenters. The number of rotatable bonds is 8. The van der Waals surface area contributed by atoms with E-state index in [2.05, 4.69) is 24.0 Å². The summed E-state index contributed by atoms with van der Waals surface area (Å²) in [7, 11) is 0. The molecular weight excluding hydrogens is 230 g/mol. The van der Waals surface area contributed by atoms with Gasteiger partial charge in [0.1, 0.15) is 0 Å². The first-order valence-corrected chi connectivity index (χ1v) is 7.09. The maximum Gasteiger partial charge on any atom is 0.0809 e. The summed E-state index contributed by atoms with van der Waals surface area (Å²) in [5.41, 5.74) is 1.19. The predicted molar refractivity (Wildman–Crippen MR) is 73.3 cm³/mol. The molecule has 1 aliphatic rings. The molecule has 1 N–H and O–H groups in total. The van der Waals surface area contributed by atoms with Gasteiger partial charge in [-0.25, -0.2) is 0 Å². The molecule has 2 rings (SSSR count). The van der Waals surface area contributed by atoms with E-state index in [4.69, 9.17) is 4.74 Å². The van der Waals surface area contributed by atoms with Crippen LogP contribution in [-0.2, 0) is 17.9 Å². The van der Waals surface area contributed by atoms with Crippen LogP contribution in [0.25, 0.3) is 0 Å². The van der Waals surface area contributed by atoms with E-state index in [1.165, 1.54) is 28.2 Å². The lowest BCUT2D eigenvalue weighted by Crippen LogP contribution is -2.14. The Morgan fingerprint density at radius 1 is 1.47 bits per heavy atom. The molecule has 0 aromatic carbocycles. The standard InChI is InChI=1S/C14H21NOS/c1-11(2)7-8-16-10-14-6-5-13(17-14)9-15-12-3-4-12/h5-6,12,15H,1,3-4,7-10H2,2H3. The highest BCUT2D eigenvalue weighted by molar-refractivity contribution is 7.11. The largest absolute Gasteiger partial charge is 0.376 e. The normalized spacial score (nSPS) is 15.1. The van der Waals surface area contributed by atoms with E-state index in [9.17, 15) is 0 Å². The van der Waals surface area contributed by atoms with Gasteiger partial charge in [0.05, 0.1) is 13.2 Å². The fourth-order valence-corrected chi connectivity index (χ4v) is 2.45. The summed E-state index contributed by atoms with van der Waals surface area (Å²) < 4.78 is 5.61. The number of hydrogen-bond donors (Lipinski definition) is 1. The highest BCUT2D eigenvalue weighted by Gasteiger charge is 2.20. The summed E-state index contributed by atoms with van der Waals surface area (Å²) in [5, 5.41) is 3.53. The fourth-order valence-electron chi connectivity index (χ4n) is 1.55. The Balaban J connectivity index is 1.64. The molecule has 94 valence electrons. The molecular formula is C14H21NOS. The van der Waals surface area contributed by atoms with Crippen molar-refractivity contribution in [3.8, 4) is 0 Å². The van der Waals surface area contributed by atoms with E-state index in [0.717, 1.165) is 32.2 Å². The molecule has 0 amide bonds. The molecule has 0 aliphatic heterocycles. The van der Waals surface area contributed by atoms with Gasteiger partial charge < -0.3 is 10.1 Å². The third-order valence-electron chi connectivity index (χ3n) is 2.78. The third kappa shape index (κ3) is 5.02. The second-order valence-electron chi connectivity index (χ2n) is 4.78. The number of nitrogens with one attached hydrogen (secondary N) is 1. The Hall–Kier alpha value is -0.640. The number of ether oxygens (including phenoxy) is 1. The van der Waals surface area contributed by atoms with Gasteiger partial charge in [0.15, 0.2) is 0 Å². The zero-order valence-electron chi connectivity index (χ0n) is 10.5. The van der Waals surface area contributed by atoms with Gasteiger partial charge in [0.25, 0.3) is 0 Å². The maximum absolute atomic E-state index is 5.61. The lowest BCUT2D eigenvalue weighted by molar-refractivity contribution is 0.126. The molecule has 0 spiro atoms. The van der Waals surface area contributed by atoms with E-state index in [0.29, 0.717) is 0 Å². The van der Waals surface area contributed by atoms with Crippen molar-refractivity contribution in [2.45, 2.75) is 45.4 Å². The molecule has 0 bridgehead atoms. The van der Waals surface area contributed by atoms with E-state index < -0.39 is 0 Å². The number of thiophene rings is 1. The molecule has 1 aromatic heterocycles. The first-order valence-electron chi connectivity index (χ1n) is 6.27. The number of hydrogen-bond acceptors (Lipinski definition) is 3. The molecule has 0 atom stereocenters. The first kappa shape index (κ1) is 12.8. The molecule has 1 heterocycles. The van der Waals surface area contributed by atoms with Crippen LogP contribution < -0.4 is 5.32 Å². The van der Waals surface area contributed by atoms with E-state index in [1.807, 2.05) is 18.3 Å². The Morgan fingerprint density at radius 2 is 2.24 bits per heavy atom. The van der Waals surface area contributed by atoms with Crippen molar-refractivity contribution < 1.29 is 4.74 Å². The minimum Gasteiger partial charge on any atom is -0.376 e. The van der Waals surface area contributed by atoms with Crippen LogP contribution in [0.3, 0.4) is 0 Å². The average molecular weight is 251 g/mol. The molecule has 1 saturated carbocycles. The van der Waals surface area contributed by atoms with Crippen molar-refractivity contribution in [3.05, 3.63) is 34.0 Å². The lowest BCUT2D eigenvalue weighted by Gasteiger charge is -2.02. The monoisotopic (exact) mass is 251 g/mol. The van der Waals surface area contributed by atoms with Crippen molar-refractivity contribution in [2.75, 3.05) is 6.61 Å². The van der Waals surface area contributed by atoms with Crippen LogP contribution in [0.15, 0.2) is 24.3 Å². The van der Waals surface area contributed by atoms with Crippen molar-refractivity contribution >= 4 is 11.3 Å². The maximum atomic E-state index is 5.61. The predicted octanol–water partition coefficient (Wildman–Crippen LogP) is 3.48. The molecule has 0 saturated heterocycles.